The van der Waals surface area contributed by atoms with Gasteiger partial charge in [0.15, 0.2) is 0 Å². The first-order valence-electron chi connectivity index (χ1n) is 9.48. The van der Waals surface area contributed by atoms with Crippen molar-refractivity contribution in [3.63, 3.8) is 0 Å². The molecule has 0 aliphatic rings. The molecular formula is C24H29NO. The lowest BCUT2D eigenvalue weighted by Crippen LogP contribution is -2.23. The van der Waals surface area contributed by atoms with Crippen LogP contribution in [0.15, 0.2) is 48.5 Å². The van der Waals surface area contributed by atoms with Crippen LogP contribution >= 0.6 is 0 Å². The van der Waals surface area contributed by atoms with E-state index in [0.29, 0.717) is 0 Å². The summed E-state index contributed by atoms with van der Waals surface area (Å²) in [6, 6.07) is 17.5. The normalized spacial score (nSPS) is 11.0. The molecule has 0 bridgehead atoms. The van der Waals surface area contributed by atoms with Crippen LogP contribution in [-0.4, -0.2) is 20.2 Å². The van der Waals surface area contributed by atoms with Gasteiger partial charge in [-0.15, -0.1) is 0 Å². The van der Waals surface area contributed by atoms with E-state index in [4.69, 9.17) is 4.74 Å². The second-order valence-electron chi connectivity index (χ2n) is 6.88. The summed E-state index contributed by atoms with van der Waals surface area (Å²) >= 11 is 0. The number of ether oxygens (including phenoxy) is 1. The Balaban J connectivity index is 2.07. The highest BCUT2D eigenvalue weighted by atomic mass is 16.5. The Kier molecular flexibility index (Phi) is 5.51. The first kappa shape index (κ1) is 18.3. The SMILES string of the molecule is CCN(CC)c1cc(C)c(Cc2c(OC)ccc3ccccc23)cc1C. The lowest BCUT2D eigenvalue weighted by atomic mass is 9.93. The van der Waals surface area contributed by atoms with Crippen LogP contribution in [-0.2, 0) is 6.42 Å². The molecule has 0 aliphatic carbocycles. The molecule has 0 saturated carbocycles. The highest BCUT2D eigenvalue weighted by molar-refractivity contribution is 5.88. The minimum Gasteiger partial charge on any atom is -0.496 e. The molecule has 0 atom stereocenters. The summed E-state index contributed by atoms with van der Waals surface area (Å²) in [6.07, 6.45) is 0.885. The van der Waals surface area contributed by atoms with Crippen molar-refractivity contribution in [2.75, 3.05) is 25.1 Å². The van der Waals surface area contributed by atoms with Gasteiger partial charge in [0.05, 0.1) is 7.11 Å². The van der Waals surface area contributed by atoms with Crippen LogP contribution in [0.5, 0.6) is 5.75 Å². The Morgan fingerprint density at radius 2 is 1.62 bits per heavy atom. The second kappa shape index (κ2) is 7.82. The number of nitrogens with zero attached hydrogens (tertiary/aromatic N) is 1. The molecule has 0 saturated heterocycles. The molecule has 3 aromatic carbocycles. The van der Waals surface area contributed by atoms with Crippen molar-refractivity contribution in [3.8, 4) is 5.75 Å². The second-order valence-corrected chi connectivity index (χ2v) is 6.88. The van der Waals surface area contributed by atoms with Gasteiger partial charge in [-0.25, -0.2) is 0 Å². The third-order valence-electron chi connectivity index (χ3n) is 5.34. The number of rotatable bonds is 6. The Hall–Kier alpha value is -2.48. The fourth-order valence-corrected chi connectivity index (χ4v) is 3.84. The molecule has 26 heavy (non-hydrogen) atoms. The van der Waals surface area contributed by atoms with Gasteiger partial charge in [0.1, 0.15) is 5.75 Å². The maximum Gasteiger partial charge on any atom is 0.123 e. The van der Waals surface area contributed by atoms with Gasteiger partial charge < -0.3 is 9.64 Å². The Morgan fingerprint density at radius 1 is 0.885 bits per heavy atom. The Labute approximate surface area is 157 Å². The van der Waals surface area contributed by atoms with Crippen LogP contribution in [0.2, 0.25) is 0 Å². The molecule has 2 heteroatoms. The third kappa shape index (κ3) is 3.41. The number of benzene rings is 3. The summed E-state index contributed by atoms with van der Waals surface area (Å²) in [6.45, 7) is 10.9. The van der Waals surface area contributed by atoms with Gasteiger partial charge in [0, 0.05) is 30.8 Å². The molecule has 0 N–H and O–H groups in total. The predicted octanol–water partition coefficient (Wildman–Crippen LogP) is 5.90. The zero-order chi connectivity index (χ0) is 18.7. The monoisotopic (exact) mass is 347 g/mol. The molecule has 136 valence electrons. The molecule has 0 fully saturated rings. The lowest BCUT2D eigenvalue weighted by molar-refractivity contribution is 0.411. The summed E-state index contributed by atoms with van der Waals surface area (Å²) in [5.74, 6) is 0.966. The van der Waals surface area contributed by atoms with Gasteiger partial charge in [0.25, 0.3) is 0 Å². The molecule has 2 nitrogen and oxygen atoms in total. The highest BCUT2D eigenvalue weighted by Crippen LogP contribution is 2.32. The molecule has 0 aliphatic heterocycles. The first-order chi connectivity index (χ1) is 12.6. The fraction of sp³-hybridized carbons (Fsp3) is 0.333. The molecular weight excluding hydrogens is 318 g/mol. The van der Waals surface area contributed by atoms with Gasteiger partial charge >= 0.3 is 0 Å². The van der Waals surface area contributed by atoms with Crippen LogP contribution in [0.3, 0.4) is 0 Å². The summed E-state index contributed by atoms with van der Waals surface area (Å²) in [5, 5.41) is 2.54. The van der Waals surface area contributed by atoms with Crippen molar-refractivity contribution in [1.29, 1.82) is 0 Å². The van der Waals surface area contributed by atoms with E-state index in [1.54, 1.807) is 7.11 Å². The van der Waals surface area contributed by atoms with E-state index in [1.807, 2.05) is 0 Å². The van der Waals surface area contributed by atoms with Crippen molar-refractivity contribution >= 4 is 16.5 Å². The van der Waals surface area contributed by atoms with E-state index in [0.717, 1.165) is 25.3 Å². The maximum absolute atomic E-state index is 5.68. The van der Waals surface area contributed by atoms with Crippen molar-refractivity contribution in [3.05, 3.63) is 70.8 Å². The number of hydrogen-bond acceptors (Lipinski definition) is 2. The van der Waals surface area contributed by atoms with Crippen molar-refractivity contribution in [2.45, 2.75) is 34.1 Å². The average Bonchev–Trinajstić information content (AvgIpc) is 2.66. The average molecular weight is 348 g/mol. The zero-order valence-electron chi connectivity index (χ0n) is 16.6. The molecule has 0 heterocycles. The minimum absolute atomic E-state index is 0.885. The number of aryl methyl sites for hydroxylation is 2. The zero-order valence-corrected chi connectivity index (χ0v) is 16.6. The van der Waals surface area contributed by atoms with E-state index < -0.39 is 0 Å². The molecule has 3 rings (SSSR count). The third-order valence-corrected chi connectivity index (χ3v) is 5.34. The van der Waals surface area contributed by atoms with Gasteiger partial charge in [-0.2, -0.15) is 0 Å². The van der Waals surface area contributed by atoms with Crippen LogP contribution in [0, 0.1) is 13.8 Å². The lowest BCUT2D eigenvalue weighted by Gasteiger charge is -2.25. The van der Waals surface area contributed by atoms with E-state index in [9.17, 15) is 0 Å². The number of anilines is 1. The van der Waals surface area contributed by atoms with E-state index in [1.165, 1.54) is 38.7 Å². The molecule has 3 aromatic rings. The summed E-state index contributed by atoms with van der Waals surface area (Å²) in [7, 11) is 1.76. The topological polar surface area (TPSA) is 12.5 Å². The van der Waals surface area contributed by atoms with Crippen LogP contribution < -0.4 is 9.64 Å². The van der Waals surface area contributed by atoms with E-state index in [-0.39, 0.29) is 0 Å². The fourth-order valence-electron chi connectivity index (χ4n) is 3.84. The molecule has 0 amide bonds. The quantitative estimate of drug-likeness (QED) is 0.550. The molecule has 0 spiro atoms. The van der Waals surface area contributed by atoms with Crippen LogP contribution in [0.25, 0.3) is 10.8 Å². The predicted molar refractivity (Wildman–Crippen MR) is 113 cm³/mol. The van der Waals surface area contributed by atoms with Crippen molar-refractivity contribution in [1.82, 2.24) is 0 Å². The van der Waals surface area contributed by atoms with Gasteiger partial charge in [-0.05, 0) is 67.3 Å². The molecule has 0 unspecified atom stereocenters. The Morgan fingerprint density at radius 3 is 2.31 bits per heavy atom. The molecule has 0 radical (unpaired) electrons. The van der Waals surface area contributed by atoms with Gasteiger partial charge in [-0.3, -0.25) is 0 Å². The summed E-state index contributed by atoms with van der Waals surface area (Å²) in [5.41, 5.74) is 6.67. The maximum atomic E-state index is 5.68. The largest absolute Gasteiger partial charge is 0.496 e. The standard InChI is InChI=1S/C24H29NO/c1-6-25(7-2)23-15-17(3)20(14-18(23)4)16-22-21-11-9-8-10-19(21)12-13-24(22)26-5/h8-15H,6-7,16H2,1-5H3. The summed E-state index contributed by atoms with van der Waals surface area (Å²) in [4.78, 5) is 2.42. The van der Waals surface area contributed by atoms with Crippen LogP contribution in [0.4, 0.5) is 5.69 Å². The minimum atomic E-state index is 0.885. The van der Waals surface area contributed by atoms with Gasteiger partial charge in [0.2, 0.25) is 0 Å². The van der Waals surface area contributed by atoms with E-state index >= 15 is 0 Å². The smallest absolute Gasteiger partial charge is 0.123 e. The number of hydrogen-bond donors (Lipinski definition) is 0. The summed E-state index contributed by atoms with van der Waals surface area (Å²) < 4.78 is 5.68. The van der Waals surface area contributed by atoms with Crippen molar-refractivity contribution < 1.29 is 4.74 Å². The number of methoxy groups -OCH3 is 1. The molecule has 0 aromatic heterocycles. The first-order valence-corrected chi connectivity index (χ1v) is 9.48. The van der Waals surface area contributed by atoms with E-state index in [2.05, 4.69) is 81.1 Å². The Bertz CT molecular complexity index is 909. The number of fused-ring (bicyclic) bond motifs is 1. The van der Waals surface area contributed by atoms with Gasteiger partial charge in [-0.1, -0.05) is 36.4 Å². The van der Waals surface area contributed by atoms with Crippen LogP contribution in [0.1, 0.15) is 36.1 Å². The highest BCUT2D eigenvalue weighted by Gasteiger charge is 2.13. The van der Waals surface area contributed by atoms with Crippen molar-refractivity contribution in [2.24, 2.45) is 0 Å².